The van der Waals surface area contributed by atoms with Crippen LogP contribution in [0.2, 0.25) is 0 Å². The molecule has 0 radical (unpaired) electrons. The molecule has 9 aliphatic rings. The molecule has 0 spiro atoms. The number of ketones is 1. The second kappa shape index (κ2) is 39.4. The highest BCUT2D eigenvalue weighted by Crippen LogP contribution is 2.45. The van der Waals surface area contributed by atoms with E-state index >= 15 is 0 Å². The Labute approximate surface area is 816 Å². The second-order valence-corrected chi connectivity index (χ2v) is 38.6. The maximum atomic E-state index is 13.5. The number of hydrogen-bond acceptors (Lipinski definition) is 21. The second-order valence-electron chi connectivity index (χ2n) is 38.6. The number of carbonyl (C=O) groups is 5. The number of hydrogen-bond donors (Lipinski definition) is 2. The Morgan fingerprint density at radius 3 is 1.60 bits per heavy atom. The first-order valence-electron chi connectivity index (χ1n) is 49.5. The molecule has 1 unspecified atom stereocenters. The van der Waals surface area contributed by atoms with Gasteiger partial charge in [0.05, 0.1) is 127 Å². The molecular weight excluding hydrogens is 1780 g/mol. The summed E-state index contributed by atoms with van der Waals surface area (Å²) in [5.41, 5.74) is 27.1. The van der Waals surface area contributed by atoms with Crippen LogP contribution in [0.3, 0.4) is 0 Å². The summed E-state index contributed by atoms with van der Waals surface area (Å²) in [4.78, 5) is 84.9. The third kappa shape index (κ3) is 18.1. The van der Waals surface area contributed by atoms with Crippen molar-refractivity contribution in [2.45, 2.75) is 188 Å². The first-order chi connectivity index (χ1) is 68.6. The molecule has 0 saturated carbocycles. The Bertz CT molecular complexity index is 7380. The van der Waals surface area contributed by atoms with Crippen molar-refractivity contribution in [3.63, 3.8) is 0 Å². The van der Waals surface area contributed by atoms with E-state index in [9.17, 15) is 29.2 Å². The standard InChI is InChI=1S/C28H32N6O2.C27H27N7O2.C26H30N6O3.C25H29N7O2/c1-4-27(35)33-10-7-26-24(17-33)28(31-34(26)20-8-11-36-12-9-20)21-6-5-18(2)22-13-25(29-15-23(21)22)19-14-30-32(3)16-19;1-17(35)33-9-6-26-23(16-33)27(31-34(26)19-7-10-36-11-8-19)20-5-3-4-18-12-24(29-14-21(18)20)22-15-32(2)30-25(22)13-28;1-16(33)31-9-6-23-22(15-31)25(29-32(23)18-7-10-35-11-8-18)19-4-3-5-20-21(19)13-27-24(26(20)34)17-12-28-30(2)14-17;1-16-10-18-11-22(19-12-27-29(3)14-19)26-13-24(18)31(16)25-21-15-30(17(2)33)7-4-23(21)32(28-25)20-5-8-34-9-6-20/h5-6,13-16,20H,4,7-12,17H2,1-3H3;3-5,12,14-15,19H,6-11,16H2,1-2H3;3-5,12,14,18,24,27H,6-11,13,15H2,1-2H3;10-14,20H,4-9,15H2,1-3H3/p+1. The summed E-state index contributed by atoms with van der Waals surface area (Å²) < 4.78 is 40.6. The molecule has 2 N–H and O–H groups in total. The molecule has 35 nitrogen and oxygen atoms in total. The van der Waals surface area contributed by atoms with Crippen molar-refractivity contribution in [3.05, 3.63) is 213 Å². The van der Waals surface area contributed by atoms with Crippen LogP contribution in [0.5, 0.6) is 0 Å². The summed E-state index contributed by atoms with van der Waals surface area (Å²) in [6.45, 7) is 23.0. The highest BCUT2D eigenvalue weighted by Gasteiger charge is 2.41. The normalized spacial score (nSPS) is 17.5. The number of rotatable bonds is 13. The predicted molar refractivity (Wildman–Crippen MR) is 527 cm³/mol. The molecule has 3 aromatic carbocycles. The molecule has 12 aromatic heterocycles. The zero-order valence-electron chi connectivity index (χ0n) is 81.7. The van der Waals surface area contributed by atoms with Gasteiger partial charge in [0, 0.05) is 305 Å². The van der Waals surface area contributed by atoms with Crippen molar-refractivity contribution in [1.82, 2.24) is 118 Å². The number of benzene rings is 3. The van der Waals surface area contributed by atoms with Crippen molar-refractivity contribution in [3.8, 4) is 79.4 Å². The van der Waals surface area contributed by atoms with E-state index in [2.05, 4.69) is 123 Å². The zero-order valence-corrected chi connectivity index (χ0v) is 81.7. The van der Waals surface area contributed by atoms with Crippen LogP contribution in [0.4, 0.5) is 0 Å². The average Bonchev–Trinajstić information content (AvgIpc) is 1.53. The summed E-state index contributed by atoms with van der Waals surface area (Å²) >= 11 is 0. The lowest BCUT2D eigenvalue weighted by Gasteiger charge is -2.30. The van der Waals surface area contributed by atoms with Crippen LogP contribution in [0.1, 0.15) is 199 Å². The Balaban J connectivity index is 0.000000111. The average molecular weight is 1900 g/mol. The molecule has 21 heterocycles. The number of aromatic amines is 1. The van der Waals surface area contributed by atoms with Gasteiger partial charge in [-0.2, -0.15) is 46.1 Å². The van der Waals surface area contributed by atoms with Crippen LogP contribution in [-0.4, -0.2) is 221 Å². The highest BCUT2D eigenvalue weighted by atomic mass is 16.5. The van der Waals surface area contributed by atoms with Gasteiger partial charge in [0.15, 0.2) is 23.3 Å². The van der Waals surface area contributed by atoms with Gasteiger partial charge in [-0.1, -0.05) is 55.5 Å². The number of aryl methyl sites for hydroxylation is 6. The lowest BCUT2D eigenvalue weighted by molar-refractivity contribution is -0.782. The molecule has 141 heavy (non-hydrogen) atoms. The van der Waals surface area contributed by atoms with Gasteiger partial charge in [-0.05, 0) is 98.5 Å². The predicted octanol–water partition coefficient (Wildman–Crippen LogP) is 13.3. The fraction of sp³-hybridized carbons (Fsp3) is 0.425. The smallest absolute Gasteiger partial charge is 0.222 e. The fourth-order valence-electron chi connectivity index (χ4n) is 22.2. The summed E-state index contributed by atoms with van der Waals surface area (Å²) in [7, 11) is 7.48. The van der Waals surface area contributed by atoms with Crippen molar-refractivity contribution in [1.29, 1.82) is 5.26 Å². The van der Waals surface area contributed by atoms with Crippen molar-refractivity contribution >= 4 is 61.9 Å². The number of amides is 4. The first-order valence-corrected chi connectivity index (χ1v) is 49.5. The van der Waals surface area contributed by atoms with Crippen LogP contribution in [0.15, 0.2) is 135 Å². The number of nitrogens with one attached hydrogen (secondary N) is 2. The lowest BCUT2D eigenvalue weighted by Crippen LogP contribution is -2.49. The molecule has 0 aliphatic carbocycles. The Morgan fingerprint density at radius 1 is 0.482 bits per heavy atom. The molecule has 35 heteroatoms. The molecular formula is C106H119N26O9+. The number of H-pyrrole nitrogens is 1. The maximum Gasteiger partial charge on any atom is 0.222 e. The number of nitrogens with zero attached hydrogens (tertiary/aromatic N) is 24. The summed E-state index contributed by atoms with van der Waals surface area (Å²) in [6, 6.07) is 28.0. The fourth-order valence-corrected chi connectivity index (χ4v) is 22.2. The number of nitriles is 1. The lowest BCUT2D eigenvalue weighted by atomic mass is 9.87. The Morgan fingerprint density at radius 2 is 1.00 bits per heavy atom. The van der Waals surface area contributed by atoms with Gasteiger partial charge < -0.3 is 38.5 Å². The minimum Gasteiger partial charge on any atom is -0.381 e. The number of aromatic nitrogens is 20. The SMILES string of the molecule is CC(=O)N1CCc2c(c(-c3cccc4c3CNC(c3cnn(C)c3)C4=O)nn2C2CCOCC2)C1.CC(=O)N1CCc2c(c(-c3cccc4cc(-c5cn(C)nc5C#N)ncc34)[nH][n+]2C2CCOCC2)C1.CC(=O)N1CCc2c(c(-n3c(C)cc4cc(-c5cnn(C)c5)ncc43)nn2C2CCOCC2)C1.CCC(=O)N1CCc2c(c(-c3ccc(C)c4cc(-c5cnn(C)c5)ncc34)nn2C2CCOCC2)C1. The van der Waals surface area contributed by atoms with Gasteiger partial charge in [-0.25, -0.2) is 0 Å². The number of fused-ring (bicyclic) bond motifs is 8. The van der Waals surface area contributed by atoms with Gasteiger partial charge >= 0.3 is 0 Å². The van der Waals surface area contributed by atoms with Crippen LogP contribution < -0.4 is 10.00 Å². The van der Waals surface area contributed by atoms with E-state index in [1.165, 1.54) is 39.5 Å². The van der Waals surface area contributed by atoms with E-state index in [4.69, 9.17) is 49.2 Å². The monoisotopic (exact) mass is 1900 g/mol. The molecule has 15 aromatic rings. The van der Waals surface area contributed by atoms with Crippen LogP contribution in [0, 0.1) is 25.2 Å². The van der Waals surface area contributed by atoms with Crippen molar-refractivity contribution < 1.29 is 47.6 Å². The van der Waals surface area contributed by atoms with E-state index in [1.54, 1.807) is 52.7 Å². The topological polar surface area (TPSA) is 359 Å². The van der Waals surface area contributed by atoms with Gasteiger partial charge in [0.1, 0.15) is 11.8 Å². The molecule has 0 bridgehead atoms. The number of pyridine rings is 3. The van der Waals surface area contributed by atoms with Crippen molar-refractivity contribution in [2.24, 2.45) is 28.2 Å². The minimum atomic E-state index is -0.409. The van der Waals surface area contributed by atoms with E-state index in [0.717, 1.165) is 289 Å². The summed E-state index contributed by atoms with van der Waals surface area (Å²) in [5.74, 6) is 1.43. The first kappa shape index (κ1) is 93.0. The molecule has 726 valence electrons. The zero-order chi connectivity index (χ0) is 97.1. The van der Waals surface area contributed by atoms with Gasteiger partial charge in [-0.15, -0.1) is 4.68 Å². The van der Waals surface area contributed by atoms with Gasteiger partial charge in [0.25, 0.3) is 0 Å². The van der Waals surface area contributed by atoms with Crippen LogP contribution in [-0.2, 0) is 125 Å². The summed E-state index contributed by atoms with van der Waals surface area (Å²) in [5, 5.41) is 54.7. The highest BCUT2D eigenvalue weighted by molar-refractivity contribution is 6.05. The van der Waals surface area contributed by atoms with Gasteiger partial charge in [-0.3, -0.25) is 81.6 Å². The number of carbonyl (C=O) groups excluding carboxylic acids is 5. The van der Waals surface area contributed by atoms with Crippen LogP contribution >= 0.6 is 0 Å². The van der Waals surface area contributed by atoms with E-state index in [0.29, 0.717) is 75.6 Å². The quantitative estimate of drug-likeness (QED) is 0.101. The molecule has 4 fully saturated rings. The number of ether oxygens (including phenoxy) is 4. The molecule has 9 aliphatic heterocycles. The molecule has 4 amide bonds. The van der Waals surface area contributed by atoms with E-state index < -0.39 is 6.04 Å². The summed E-state index contributed by atoms with van der Waals surface area (Å²) in [6.07, 6.45) is 30.3. The van der Waals surface area contributed by atoms with E-state index in [-0.39, 0.29) is 29.4 Å². The largest absolute Gasteiger partial charge is 0.381 e. The minimum absolute atomic E-state index is 0.0455. The molecule has 24 rings (SSSR count). The maximum absolute atomic E-state index is 13.5. The number of Topliss-reactive ketones (excluding diaryl/α,β-unsaturated/α-hetero) is 1. The third-order valence-electron chi connectivity index (χ3n) is 29.7. The Kier molecular flexibility index (Phi) is 26.0. The van der Waals surface area contributed by atoms with Crippen LogP contribution in [0.25, 0.3) is 106 Å². The van der Waals surface area contributed by atoms with E-state index in [1.807, 2.05) is 128 Å². The molecule has 1 atom stereocenters. The molecule has 4 saturated heterocycles. The van der Waals surface area contributed by atoms with Crippen molar-refractivity contribution in [2.75, 3.05) is 79.0 Å². The third-order valence-corrected chi connectivity index (χ3v) is 29.7. The Hall–Kier alpha value is -14.3. The van der Waals surface area contributed by atoms with Gasteiger partial charge in [0.2, 0.25) is 29.3 Å².